The Morgan fingerprint density at radius 3 is 2.57 bits per heavy atom. The summed E-state index contributed by atoms with van der Waals surface area (Å²) in [6.07, 6.45) is 7.66. The molecule has 128 valence electrons. The minimum Gasteiger partial charge on any atom is -0.349 e. The first-order valence-corrected chi connectivity index (χ1v) is 9.58. The van der Waals surface area contributed by atoms with E-state index in [4.69, 9.17) is 17.3 Å². The van der Waals surface area contributed by atoms with Gasteiger partial charge in [0.25, 0.3) is 5.91 Å². The second-order valence-electron chi connectivity index (χ2n) is 6.53. The molecule has 2 aliphatic carbocycles. The standard InChI is InChI=1S/C17H23ClN2OS.ClH/c1-22-13-5-6-15(18)14(9-13)17(21)20-16-10-3-2-4-11(16)8-12(19)7-10;/h5-6,9-12,16H,2-4,7-8,19H2,1H3,(H,20,21);1H. The fourth-order valence-corrected chi connectivity index (χ4v) is 4.70. The second kappa shape index (κ2) is 8.11. The molecule has 0 radical (unpaired) electrons. The summed E-state index contributed by atoms with van der Waals surface area (Å²) in [6, 6.07) is 6.19. The van der Waals surface area contributed by atoms with Gasteiger partial charge in [0.2, 0.25) is 0 Å². The summed E-state index contributed by atoms with van der Waals surface area (Å²) in [6.45, 7) is 0. The van der Waals surface area contributed by atoms with Crippen LogP contribution >= 0.6 is 35.8 Å². The molecule has 2 saturated carbocycles. The molecule has 0 aliphatic heterocycles. The Labute approximate surface area is 153 Å². The molecule has 0 aromatic heterocycles. The van der Waals surface area contributed by atoms with Crippen LogP contribution in [0.5, 0.6) is 0 Å². The Kier molecular flexibility index (Phi) is 6.66. The summed E-state index contributed by atoms with van der Waals surface area (Å²) >= 11 is 7.84. The van der Waals surface area contributed by atoms with Gasteiger partial charge >= 0.3 is 0 Å². The van der Waals surface area contributed by atoms with Crippen LogP contribution in [0, 0.1) is 11.8 Å². The molecule has 0 heterocycles. The van der Waals surface area contributed by atoms with E-state index in [-0.39, 0.29) is 24.4 Å². The van der Waals surface area contributed by atoms with Gasteiger partial charge in [0.05, 0.1) is 10.6 Å². The number of amides is 1. The van der Waals surface area contributed by atoms with Crippen LogP contribution in [-0.4, -0.2) is 24.2 Å². The SMILES string of the molecule is CSc1ccc(Cl)c(C(=O)NC2C3CCCC2CC(N)C3)c1.Cl. The highest BCUT2D eigenvalue weighted by atomic mass is 35.5. The summed E-state index contributed by atoms with van der Waals surface area (Å²) in [5.41, 5.74) is 6.74. The van der Waals surface area contributed by atoms with Crippen molar-refractivity contribution in [3.8, 4) is 0 Å². The lowest BCUT2D eigenvalue weighted by Crippen LogP contribution is -2.53. The molecule has 1 aromatic rings. The van der Waals surface area contributed by atoms with Crippen LogP contribution in [0.15, 0.2) is 23.1 Å². The van der Waals surface area contributed by atoms with E-state index in [2.05, 4.69) is 5.32 Å². The number of carbonyl (C=O) groups excluding carboxylic acids is 1. The molecule has 3 N–H and O–H groups in total. The van der Waals surface area contributed by atoms with Crippen LogP contribution in [0.1, 0.15) is 42.5 Å². The van der Waals surface area contributed by atoms with E-state index < -0.39 is 0 Å². The largest absolute Gasteiger partial charge is 0.349 e. The third-order valence-electron chi connectivity index (χ3n) is 5.09. The summed E-state index contributed by atoms with van der Waals surface area (Å²) in [4.78, 5) is 13.7. The quantitative estimate of drug-likeness (QED) is 0.782. The maximum Gasteiger partial charge on any atom is 0.253 e. The number of halogens is 2. The number of nitrogens with two attached hydrogens (primary N) is 1. The molecule has 2 fully saturated rings. The number of nitrogens with one attached hydrogen (secondary N) is 1. The molecule has 23 heavy (non-hydrogen) atoms. The maximum absolute atomic E-state index is 12.7. The number of rotatable bonds is 3. The number of fused-ring (bicyclic) bond motifs is 2. The molecule has 2 bridgehead atoms. The molecule has 2 atom stereocenters. The molecule has 3 nitrogen and oxygen atoms in total. The lowest BCUT2D eigenvalue weighted by atomic mass is 9.67. The van der Waals surface area contributed by atoms with Gasteiger partial charge in [-0.2, -0.15) is 0 Å². The summed E-state index contributed by atoms with van der Waals surface area (Å²) in [5, 5.41) is 3.78. The Hall–Kier alpha value is -0.420. The third-order valence-corrected chi connectivity index (χ3v) is 6.15. The molecule has 1 amide bonds. The van der Waals surface area contributed by atoms with E-state index in [1.807, 2.05) is 18.4 Å². The first kappa shape index (κ1) is 18.9. The molecule has 1 aromatic carbocycles. The number of benzene rings is 1. The van der Waals surface area contributed by atoms with Crippen molar-refractivity contribution in [2.75, 3.05) is 6.26 Å². The Bertz CT molecular complexity index is 556. The number of hydrogen-bond acceptors (Lipinski definition) is 3. The van der Waals surface area contributed by atoms with E-state index >= 15 is 0 Å². The lowest BCUT2D eigenvalue weighted by molar-refractivity contribution is 0.0756. The highest BCUT2D eigenvalue weighted by Crippen LogP contribution is 2.40. The lowest BCUT2D eigenvalue weighted by Gasteiger charge is -2.45. The summed E-state index contributed by atoms with van der Waals surface area (Å²) in [5.74, 6) is 1.00. The van der Waals surface area contributed by atoms with Crippen molar-refractivity contribution in [3.63, 3.8) is 0 Å². The molecule has 0 spiro atoms. The zero-order chi connectivity index (χ0) is 15.7. The molecule has 6 heteroatoms. The van der Waals surface area contributed by atoms with E-state index in [9.17, 15) is 4.79 Å². The monoisotopic (exact) mass is 374 g/mol. The van der Waals surface area contributed by atoms with Gasteiger partial charge in [-0.05, 0) is 62.0 Å². The number of thioether (sulfide) groups is 1. The van der Waals surface area contributed by atoms with Crippen LogP contribution in [-0.2, 0) is 0 Å². The van der Waals surface area contributed by atoms with E-state index in [0.29, 0.717) is 28.5 Å². The Balaban J connectivity index is 0.00000192. The first-order chi connectivity index (χ1) is 10.6. The van der Waals surface area contributed by atoms with Gasteiger partial charge in [-0.25, -0.2) is 0 Å². The molecular weight excluding hydrogens is 351 g/mol. The normalized spacial score (nSPS) is 29.5. The van der Waals surface area contributed by atoms with Crippen molar-refractivity contribution < 1.29 is 4.79 Å². The smallest absolute Gasteiger partial charge is 0.253 e. The van der Waals surface area contributed by atoms with Gasteiger partial charge in [-0.3, -0.25) is 4.79 Å². The maximum atomic E-state index is 12.7. The van der Waals surface area contributed by atoms with Crippen molar-refractivity contribution in [2.45, 2.75) is 49.1 Å². The minimum absolute atomic E-state index is 0. The van der Waals surface area contributed by atoms with E-state index in [1.165, 1.54) is 19.3 Å². The summed E-state index contributed by atoms with van der Waals surface area (Å²) in [7, 11) is 0. The Morgan fingerprint density at radius 1 is 1.30 bits per heavy atom. The average molecular weight is 375 g/mol. The number of carbonyl (C=O) groups is 1. The predicted octanol–water partition coefficient (Wildman–Crippen LogP) is 4.12. The average Bonchev–Trinajstić information content (AvgIpc) is 2.48. The van der Waals surface area contributed by atoms with Crippen molar-refractivity contribution in [1.29, 1.82) is 0 Å². The van der Waals surface area contributed by atoms with Crippen LogP contribution in [0.25, 0.3) is 0 Å². The molecule has 0 saturated heterocycles. The second-order valence-corrected chi connectivity index (χ2v) is 7.81. The van der Waals surface area contributed by atoms with Gasteiger partial charge in [-0.1, -0.05) is 18.0 Å². The van der Waals surface area contributed by atoms with Gasteiger partial charge in [-0.15, -0.1) is 24.2 Å². The Morgan fingerprint density at radius 2 is 1.96 bits per heavy atom. The van der Waals surface area contributed by atoms with Crippen molar-refractivity contribution in [3.05, 3.63) is 28.8 Å². The van der Waals surface area contributed by atoms with Gasteiger partial charge in [0, 0.05) is 17.0 Å². The van der Waals surface area contributed by atoms with Crippen LogP contribution in [0.4, 0.5) is 0 Å². The fourth-order valence-electron chi connectivity index (χ4n) is 4.06. The molecule has 2 unspecified atom stereocenters. The van der Waals surface area contributed by atoms with Gasteiger partial charge in [0.1, 0.15) is 0 Å². The van der Waals surface area contributed by atoms with Crippen molar-refractivity contribution in [2.24, 2.45) is 17.6 Å². The highest BCUT2D eigenvalue weighted by molar-refractivity contribution is 7.98. The molecule has 2 aliphatic rings. The van der Waals surface area contributed by atoms with E-state index in [0.717, 1.165) is 17.7 Å². The minimum atomic E-state index is -0.0433. The topological polar surface area (TPSA) is 55.1 Å². The van der Waals surface area contributed by atoms with Crippen molar-refractivity contribution in [1.82, 2.24) is 5.32 Å². The van der Waals surface area contributed by atoms with Crippen LogP contribution in [0.2, 0.25) is 5.02 Å². The van der Waals surface area contributed by atoms with Crippen LogP contribution < -0.4 is 11.1 Å². The highest BCUT2D eigenvalue weighted by Gasteiger charge is 2.40. The number of hydrogen-bond donors (Lipinski definition) is 2. The zero-order valence-electron chi connectivity index (χ0n) is 13.3. The van der Waals surface area contributed by atoms with Gasteiger partial charge < -0.3 is 11.1 Å². The summed E-state index contributed by atoms with van der Waals surface area (Å²) < 4.78 is 0. The zero-order valence-corrected chi connectivity index (χ0v) is 15.6. The first-order valence-electron chi connectivity index (χ1n) is 7.98. The fraction of sp³-hybridized carbons (Fsp3) is 0.588. The predicted molar refractivity (Wildman–Crippen MR) is 99.8 cm³/mol. The van der Waals surface area contributed by atoms with Crippen LogP contribution in [0.3, 0.4) is 0 Å². The molecular formula is C17H24Cl2N2OS. The van der Waals surface area contributed by atoms with E-state index in [1.54, 1.807) is 17.8 Å². The van der Waals surface area contributed by atoms with Gasteiger partial charge in [0.15, 0.2) is 0 Å². The third kappa shape index (κ3) is 4.16. The van der Waals surface area contributed by atoms with Crippen molar-refractivity contribution >= 4 is 41.7 Å². The molecule has 3 rings (SSSR count).